The number of nitrogens with zero attached hydrogens (tertiary/aromatic N) is 2. The topological polar surface area (TPSA) is 25.2 Å². The normalized spacial score (nSPS) is 18.2. The van der Waals surface area contributed by atoms with Gasteiger partial charge >= 0.3 is 18.0 Å². The summed E-state index contributed by atoms with van der Waals surface area (Å²) in [6.07, 6.45) is 3.20. The van der Waals surface area contributed by atoms with Crippen LogP contribution in [0, 0.1) is 0 Å². The van der Waals surface area contributed by atoms with Crippen molar-refractivity contribution >= 4 is 17.4 Å². The van der Waals surface area contributed by atoms with Crippen molar-refractivity contribution in [2.45, 2.75) is 57.2 Å². The van der Waals surface area contributed by atoms with E-state index in [-0.39, 0.29) is 11.7 Å². The fraction of sp³-hybridized carbons (Fsp3) is 0.310. The number of aliphatic imine (C=N–C) groups is 1. The van der Waals surface area contributed by atoms with Gasteiger partial charge in [-0.2, -0.15) is 30.7 Å². The SMILES string of the molecule is CC1=CC=C(c2cccc(-c3ccc(C4=CC(C)N=C4)c(CCC(F)(F)C(F)(F)C(F)(F)F)n3)c2)C=CC1. The van der Waals surface area contributed by atoms with E-state index in [1.807, 2.05) is 49.4 Å². The second-order valence-corrected chi connectivity index (χ2v) is 9.43. The maximum atomic E-state index is 14.1. The van der Waals surface area contributed by atoms with Gasteiger partial charge in [0.25, 0.3) is 0 Å². The number of benzene rings is 1. The number of hydrogen-bond donors (Lipinski definition) is 0. The van der Waals surface area contributed by atoms with Crippen LogP contribution in [0.2, 0.25) is 0 Å². The van der Waals surface area contributed by atoms with E-state index >= 15 is 0 Å². The molecule has 2 nitrogen and oxygen atoms in total. The zero-order chi connectivity index (χ0) is 27.7. The van der Waals surface area contributed by atoms with Crippen LogP contribution in [-0.4, -0.2) is 35.3 Å². The number of aromatic nitrogens is 1. The Balaban J connectivity index is 1.71. The highest BCUT2D eigenvalue weighted by Crippen LogP contribution is 2.48. The molecular formula is C29H25F7N2. The molecule has 0 radical (unpaired) electrons. The molecular weight excluding hydrogens is 509 g/mol. The third kappa shape index (κ3) is 5.66. The smallest absolute Gasteiger partial charge is 0.285 e. The molecule has 0 fully saturated rings. The second kappa shape index (κ2) is 10.3. The van der Waals surface area contributed by atoms with Gasteiger partial charge in [-0.1, -0.05) is 60.2 Å². The predicted octanol–water partition coefficient (Wildman–Crippen LogP) is 8.66. The first kappa shape index (κ1) is 27.5. The highest BCUT2D eigenvalue weighted by molar-refractivity contribution is 6.12. The van der Waals surface area contributed by atoms with Crippen molar-refractivity contribution in [2.24, 2.45) is 4.99 Å². The Kier molecular flexibility index (Phi) is 7.50. The Labute approximate surface area is 216 Å². The van der Waals surface area contributed by atoms with Crippen LogP contribution in [0.3, 0.4) is 0 Å². The van der Waals surface area contributed by atoms with Crippen LogP contribution in [0.5, 0.6) is 0 Å². The van der Waals surface area contributed by atoms with E-state index in [2.05, 4.69) is 9.98 Å². The van der Waals surface area contributed by atoms with Crippen molar-refractivity contribution in [3.8, 4) is 11.3 Å². The highest BCUT2D eigenvalue weighted by Gasteiger charge is 2.72. The summed E-state index contributed by atoms with van der Waals surface area (Å²) in [4.78, 5) is 8.66. The van der Waals surface area contributed by atoms with Crippen LogP contribution in [0.4, 0.5) is 30.7 Å². The van der Waals surface area contributed by atoms with Crippen molar-refractivity contribution in [2.75, 3.05) is 0 Å². The average Bonchev–Trinajstić information content (AvgIpc) is 3.17. The number of alkyl halides is 7. The first-order valence-electron chi connectivity index (χ1n) is 12.0. The maximum Gasteiger partial charge on any atom is 0.459 e. The number of aryl methyl sites for hydroxylation is 1. The molecule has 2 aromatic rings. The summed E-state index contributed by atoms with van der Waals surface area (Å²) in [5, 5.41) is 0. The van der Waals surface area contributed by atoms with E-state index in [4.69, 9.17) is 0 Å². The molecule has 0 bridgehead atoms. The predicted molar refractivity (Wildman–Crippen MR) is 135 cm³/mol. The summed E-state index contributed by atoms with van der Waals surface area (Å²) in [5.41, 5.74) is 4.95. The molecule has 0 amide bonds. The molecule has 1 aromatic heterocycles. The van der Waals surface area contributed by atoms with Gasteiger partial charge in [0.2, 0.25) is 0 Å². The molecule has 1 aliphatic heterocycles. The van der Waals surface area contributed by atoms with Gasteiger partial charge in [-0.15, -0.1) is 0 Å². The third-order valence-electron chi connectivity index (χ3n) is 6.42. The lowest BCUT2D eigenvalue weighted by Gasteiger charge is -2.28. The van der Waals surface area contributed by atoms with Gasteiger partial charge in [-0.3, -0.25) is 9.98 Å². The van der Waals surface area contributed by atoms with Gasteiger partial charge in [0.1, 0.15) is 0 Å². The molecule has 200 valence electrons. The quantitative estimate of drug-likeness (QED) is 0.326. The van der Waals surface area contributed by atoms with Crippen molar-refractivity contribution in [3.63, 3.8) is 0 Å². The van der Waals surface area contributed by atoms with Crippen LogP contribution >= 0.6 is 0 Å². The minimum Gasteiger partial charge on any atom is -0.285 e. The van der Waals surface area contributed by atoms with Crippen LogP contribution in [0.15, 0.2) is 77.3 Å². The van der Waals surface area contributed by atoms with E-state index in [9.17, 15) is 30.7 Å². The summed E-state index contributed by atoms with van der Waals surface area (Å²) < 4.78 is 93.3. The lowest BCUT2D eigenvalue weighted by atomic mass is 9.96. The molecule has 1 atom stereocenters. The zero-order valence-corrected chi connectivity index (χ0v) is 20.7. The van der Waals surface area contributed by atoms with Crippen molar-refractivity contribution in [3.05, 3.63) is 89.2 Å². The molecule has 4 rings (SSSR count). The van der Waals surface area contributed by atoms with Crippen molar-refractivity contribution in [1.29, 1.82) is 0 Å². The molecule has 1 unspecified atom stereocenters. The molecule has 0 N–H and O–H groups in total. The molecule has 38 heavy (non-hydrogen) atoms. The van der Waals surface area contributed by atoms with Crippen LogP contribution < -0.4 is 0 Å². The maximum absolute atomic E-state index is 14.1. The van der Waals surface area contributed by atoms with Crippen molar-refractivity contribution < 1.29 is 30.7 Å². The Morgan fingerprint density at radius 3 is 2.34 bits per heavy atom. The molecule has 2 aliphatic rings. The summed E-state index contributed by atoms with van der Waals surface area (Å²) >= 11 is 0. The number of pyridine rings is 1. The summed E-state index contributed by atoms with van der Waals surface area (Å²) in [6.45, 7) is 3.81. The molecule has 9 heteroatoms. The summed E-state index contributed by atoms with van der Waals surface area (Å²) in [7, 11) is 0. The van der Waals surface area contributed by atoms with E-state index in [1.165, 1.54) is 11.8 Å². The van der Waals surface area contributed by atoms with Crippen LogP contribution in [0.1, 0.15) is 43.5 Å². The van der Waals surface area contributed by atoms with Crippen LogP contribution in [0.25, 0.3) is 22.4 Å². The van der Waals surface area contributed by atoms with E-state index in [0.717, 1.165) is 17.6 Å². The Hall–Kier alpha value is -3.49. The third-order valence-corrected chi connectivity index (χ3v) is 6.42. The first-order chi connectivity index (χ1) is 17.8. The molecule has 2 heterocycles. The Morgan fingerprint density at radius 1 is 0.921 bits per heavy atom. The fourth-order valence-corrected chi connectivity index (χ4v) is 4.24. The lowest BCUT2D eigenvalue weighted by Crippen LogP contribution is -2.52. The lowest BCUT2D eigenvalue weighted by molar-refractivity contribution is -0.355. The monoisotopic (exact) mass is 534 g/mol. The second-order valence-electron chi connectivity index (χ2n) is 9.43. The largest absolute Gasteiger partial charge is 0.459 e. The number of halogens is 7. The molecule has 0 saturated carbocycles. The van der Waals surface area contributed by atoms with Gasteiger partial charge in [0, 0.05) is 29.5 Å². The molecule has 0 saturated heterocycles. The van der Waals surface area contributed by atoms with E-state index < -0.39 is 30.9 Å². The number of rotatable bonds is 7. The summed E-state index contributed by atoms with van der Waals surface area (Å²) in [5.74, 6) is -11.5. The van der Waals surface area contributed by atoms with E-state index in [0.29, 0.717) is 22.4 Å². The minimum atomic E-state index is -6.38. The summed E-state index contributed by atoms with van der Waals surface area (Å²) in [6, 6.07) is 10.4. The first-order valence-corrected chi connectivity index (χ1v) is 12.0. The Morgan fingerprint density at radius 2 is 1.66 bits per heavy atom. The van der Waals surface area contributed by atoms with E-state index in [1.54, 1.807) is 31.2 Å². The molecule has 0 spiro atoms. The molecule has 1 aromatic carbocycles. The van der Waals surface area contributed by atoms with Gasteiger partial charge in [-0.05, 0) is 55.5 Å². The van der Waals surface area contributed by atoms with Gasteiger partial charge < -0.3 is 0 Å². The highest BCUT2D eigenvalue weighted by atomic mass is 19.4. The van der Waals surface area contributed by atoms with Gasteiger partial charge in [0.15, 0.2) is 0 Å². The van der Waals surface area contributed by atoms with Gasteiger partial charge in [0.05, 0.1) is 11.7 Å². The zero-order valence-electron chi connectivity index (χ0n) is 20.7. The van der Waals surface area contributed by atoms with Crippen molar-refractivity contribution in [1.82, 2.24) is 4.98 Å². The molecule has 1 aliphatic carbocycles. The average molecular weight is 535 g/mol. The van der Waals surface area contributed by atoms with Gasteiger partial charge in [-0.25, -0.2) is 0 Å². The number of hydrogen-bond acceptors (Lipinski definition) is 2. The van der Waals surface area contributed by atoms with Crippen LogP contribution in [-0.2, 0) is 6.42 Å². The minimum absolute atomic E-state index is 0.00973. The standard InChI is InChI=1S/C29H25F7N2/c1-18-5-3-6-20(10-9-18)21-7-4-8-22(16-21)25-12-11-24(23-15-19(2)37-17-23)26(38-25)13-14-27(30,31)28(32,33)29(34,35)36/h3-4,6-12,15-17,19H,5,13-14H2,1-2H3. The Bertz CT molecular complexity index is 1360. The fourth-order valence-electron chi connectivity index (χ4n) is 4.24. The number of allylic oxidation sites excluding steroid dienone is 7.